The molecule has 0 bridgehead atoms. The minimum Gasteiger partial charge on any atom is -0.494 e. The van der Waals surface area contributed by atoms with Crippen LogP contribution in [-0.2, 0) is 0 Å². The maximum atomic E-state index is 12.4. The van der Waals surface area contributed by atoms with Gasteiger partial charge in [-0.1, -0.05) is 42.5 Å². The van der Waals surface area contributed by atoms with E-state index in [-0.39, 0.29) is 17.8 Å². The van der Waals surface area contributed by atoms with Gasteiger partial charge in [0.2, 0.25) is 11.8 Å². The lowest BCUT2D eigenvalue weighted by molar-refractivity contribution is 0.0933. The fraction of sp³-hybridized carbons (Fsp3) is 0.185. The van der Waals surface area contributed by atoms with Crippen molar-refractivity contribution in [3.8, 4) is 5.88 Å². The molecule has 168 valence electrons. The standard InChI is InChI=1S/C27H28N4O2/c1-17(30(3)4)19-10-13-22(14-11-19)29-26(20-8-6-5-7-9-20)25-23-15-12-21(28)16-24(23)31(18(2)32)27(25)33/h5-17,33H,28H2,1-4H3. The largest absolute Gasteiger partial charge is 0.494 e. The Hall–Kier alpha value is -3.90. The number of hydrogen-bond donors (Lipinski definition) is 2. The molecule has 6 nitrogen and oxygen atoms in total. The molecule has 3 N–H and O–H groups in total. The van der Waals surface area contributed by atoms with Crippen molar-refractivity contribution >= 4 is 33.9 Å². The minimum absolute atomic E-state index is 0.149. The molecule has 0 spiro atoms. The number of nitrogen functional groups attached to an aromatic ring is 1. The second-order valence-electron chi connectivity index (χ2n) is 8.39. The number of aromatic hydroxyl groups is 1. The number of carbonyl (C=O) groups excluding carboxylic acids is 1. The van der Waals surface area contributed by atoms with E-state index in [4.69, 9.17) is 10.7 Å². The van der Waals surface area contributed by atoms with Crippen molar-refractivity contribution < 1.29 is 9.90 Å². The van der Waals surface area contributed by atoms with Crippen LogP contribution < -0.4 is 5.73 Å². The SMILES string of the molecule is CC(=O)n1c(O)c(C(=Nc2ccc(C(C)N(C)C)cc2)c2ccccc2)c2ccc(N)cc21. The third-order valence-corrected chi connectivity index (χ3v) is 5.96. The van der Waals surface area contributed by atoms with Gasteiger partial charge in [0.15, 0.2) is 0 Å². The van der Waals surface area contributed by atoms with Crippen LogP contribution in [0, 0.1) is 0 Å². The summed E-state index contributed by atoms with van der Waals surface area (Å²) in [5.41, 5.74) is 10.9. The molecular weight excluding hydrogens is 412 g/mol. The van der Waals surface area contributed by atoms with E-state index < -0.39 is 0 Å². The first-order valence-corrected chi connectivity index (χ1v) is 10.8. The average Bonchev–Trinajstić information content (AvgIpc) is 3.08. The second kappa shape index (κ2) is 8.92. The summed E-state index contributed by atoms with van der Waals surface area (Å²) in [7, 11) is 4.09. The number of fused-ring (bicyclic) bond motifs is 1. The van der Waals surface area contributed by atoms with E-state index in [2.05, 4.69) is 24.0 Å². The van der Waals surface area contributed by atoms with Crippen LogP contribution in [0.4, 0.5) is 11.4 Å². The van der Waals surface area contributed by atoms with Gasteiger partial charge in [0.05, 0.1) is 22.5 Å². The van der Waals surface area contributed by atoms with Crippen LogP contribution in [0.5, 0.6) is 5.88 Å². The predicted molar refractivity (Wildman–Crippen MR) is 135 cm³/mol. The summed E-state index contributed by atoms with van der Waals surface area (Å²) >= 11 is 0. The summed E-state index contributed by atoms with van der Waals surface area (Å²) in [6.45, 7) is 3.56. The molecule has 3 aromatic carbocycles. The highest BCUT2D eigenvalue weighted by Crippen LogP contribution is 2.35. The van der Waals surface area contributed by atoms with Gasteiger partial charge >= 0.3 is 0 Å². The lowest BCUT2D eigenvalue weighted by Gasteiger charge is -2.20. The van der Waals surface area contributed by atoms with Crippen LogP contribution >= 0.6 is 0 Å². The van der Waals surface area contributed by atoms with Crippen LogP contribution in [0.15, 0.2) is 77.8 Å². The first-order valence-electron chi connectivity index (χ1n) is 10.8. The van der Waals surface area contributed by atoms with Crippen LogP contribution in [-0.4, -0.2) is 40.3 Å². The number of nitrogens with zero attached hydrogens (tertiary/aromatic N) is 3. The lowest BCUT2D eigenvalue weighted by atomic mass is 10.0. The van der Waals surface area contributed by atoms with Crippen molar-refractivity contribution in [1.82, 2.24) is 9.47 Å². The van der Waals surface area contributed by atoms with E-state index in [9.17, 15) is 9.90 Å². The molecule has 33 heavy (non-hydrogen) atoms. The van der Waals surface area contributed by atoms with E-state index in [0.29, 0.717) is 27.9 Å². The zero-order chi connectivity index (χ0) is 23.7. The highest BCUT2D eigenvalue weighted by atomic mass is 16.3. The summed E-state index contributed by atoms with van der Waals surface area (Å²) < 4.78 is 1.28. The number of nitrogens with two attached hydrogens (primary N) is 1. The highest BCUT2D eigenvalue weighted by molar-refractivity contribution is 6.23. The normalized spacial score (nSPS) is 12.9. The molecule has 6 heteroatoms. The van der Waals surface area contributed by atoms with Gasteiger partial charge in [-0.05, 0) is 56.9 Å². The van der Waals surface area contributed by atoms with Crippen molar-refractivity contribution in [2.75, 3.05) is 19.8 Å². The third-order valence-electron chi connectivity index (χ3n) is 5.96. The molecule has 0 aliphatic heterocycles. The summed E-state index contributed by atoms with van der Waals surface area (Å²) in [6.07, 6.45) is 0. The van der Waals surface area contributed by atoms with E-state index in [1.807, 2.05) is 62.6 Å². The average molecular weight is 441 g/mol. The van der Waals surface area contributed by atoms with Gasteiger partial charge in [-0.25, -0.2) is 4.99 Å². The maximum Gasteiger partial charge on any atom is 0.230 e. The van der Waals surface area contributed by atoms with E-state index >= 15 is 0 Å². The van der Waals surface area contributed by atoms with E-state index in [0.717, 1.165) is 11.3 Å². The third kappa shape index (κ3) is 4.25. The number of benzene rings is 3. The van der Waals surface area contributed by atoms with Crippen LogP contribution in [0.3, 0.4) is 0 Å². The Balaban J connectivity index is 1.95. The Morgan fingerprint density at radius 3 is 2.30 bits per heavy atom. The first kappa shape index (κ1) is 22.3. The predicted octanol–water partition coefficient (Wildman–Crippen LogP) is 5.38. The molecule has 0 fully saturated rings. The summed E-state index contributed by atoms with van der Waals surface area (Å²) in [5, 5.41) is 11.9. The Morgan fingerprint density at radius 1 is 1.03 bits per heavy atom. The molecule has 0 aliphatic carbocycles. The Kier molecular flexibility index (Phi) is 6.03. The molecule has 1 aromatic heterocycles. The number of anilines is 1. The van der Waals surface area contributed by atoms with Gasteiger partial charge in [-0.3, -0.25) is 9.36 Å². The smallest absolute Gasteiger partial charge is 0.230 e. The maximum absolute atomic E-state index is 12.4. The Morgan fingerprint density at radius 2 is 1.70 bits per heavy atom. The first-order chi connectivity index (χ1) is 15.8. The van der Waals surface area contributed by atoms with Crippen molar-refractivity contribution in [3.05, 3.63) is 89.5 Å². The minimum atomic E-state index is -0.302. The van der Waals surface area contributed by atoms with Crippen molar-refractivity contribution in [3.63, 3.8) is 0 Å². The number of rotatable bonds is 5. The lowest BCUT2D eigenvalue weighted by Crippen LogP contribution is -2.16. The molecule has 0 aliphatic rings. The molecule has 0 saturated carbocycles. The highest BCUT2D eigenvalue weighted by Gasteiger charge is 2.24. The summed E-state index contributed by atoms with van der Waals surface area (Å²) in [4.78, 5) is 19.5. The van der Waals surface area contributed by atoms with E-state index in [1.54, 1.807) is 12.1 Å². The molecule has 1 atom stereocenters. The topological polar surface area (TPSA) is 83.9 Å². The molecule has 0 saturated heterocycles. The molecule has 1 unspecified atom stereocenters. The summed E-state index contributed by atoms with van der Waals surface area (Å²) in [5.74, 6) is -0.452. The van der Waals surface area contributed by atoms with Gasteiger partial charge in [0.25, 0.3) is 0 Å². The molecular formula is C27H28N4O2. The number of carbonyl (C=O) groups is 1. The molecule has 0 radical (unpaired) electrons. The van der Waals surface area contributed by atoms with Crippen LogP contribution in [0.1, 0.15) is 41.4 Å². The number of aromatic nitrogens is 1. The fourth-order valence-electron chi connectivity index (χ4n) is 3.96. The van der Waals surface area contributed by atoms with Crippen molar-refractivity contribution in [1.29, 1.82) is 0 Å². The number of hydrogen-bond acceptors (Lipinski definition) is 5. The van der Waals surface area contributed by atoms with Crippen LogP contribution in [0.2, 0.25) is 0 Å². The molecule has 4 rings (SSSR count). The zero-order valence-electron chi connectivity index (χ0n) is 19.3. The zero-order valence-corrected chi connectivity index (χ0v) is 19.3. The summed E-state index contributed by atoms with van der Waals surface area (Å²) in [6, 6.07) is 23.3. The fourth-order valence-corrected chi connectivity index (χ4v) is 3.96. The van der Waals surface area contributed by atoms with E-state index in [1.165, 1.54) is 17.1 Å². The number of aliphatic imine (C=N–C) groups is 1. The second-order valence-corrected chi connectivity index (χ2v) is 8.39. The molecule has 1 heterocycles. The monoisotopic (exact) mass is 440 g/mol. The van der Waals surface area contributed by atoms with Gasteiger partial charge in [-0.15, -0.1) is 0 Å². The molecule has 4 aromatic rings. The quantitative estimate of drug-likeness (QED) is 0.322. The van der Waals surface area contributed by atoms with Crippen LogP contribution in [0.25, 0.3) is 10.9 Å². The van der Waals surface area contributed by atoms with Gasteiger partial charge in [-0.2, -0.15) is 0 Å². The van der Waals surface area contributed by atoms with Crippen molar-refractivity contribution in [2.24, 2.45) is 4.99 Å². The Bertz CT molecular complexity index is 1340. The van der Waals surface area contributed by atoms with Gasteiger partial charge < -0.3 is 15.7 Å². The van der Waals surface area contributed by atoms with Gasteiger partial charge in [0, 0.05) is 29.6 Å². The van der Waals surface area contributed by atoms with Gasteiger partial charge in [0.1, 0.15) is 0 Å². The Labute approximate surface area is 193 Å². The van der Waals surface area contributed by atoms with Crippen molar-refractivity contribution in [2.45, 2.75) is 19.9 Å². The molecule has 0 amide bonds.